The Labute approximate surface area is 167 Å². The lowest BCUT2D eigenvalue weighted by Crippen LogP contribution is -2.63. The zero-order chi connectivity index (χ0) is 21.2. The topological polar surface area (TPSA) is 108 Å². The summed E-state index contributed by atoms with van der Waals surface area (Å²) in [6, 6.07) is 12.2. The zero-order valence-corrected chi connectivity index (χ0v) is 16.1. The highest BCUT2D eigenvalue weighted by atomic mass is 19.1. The van der Waals surface area contributed by atoms with Crippen molar-refractivity contribution in [3.63, 3.8) is 0 Å². The molecule has 1 amide bonds. The Balaban J connectivity index is 1.87. The smallest absolute Gasteiger partial charge is 0.268 e. The Kier molecular flexibility index (Phi) is 6.18. The van der Waals surface area contributed by atoms with Gasteiger partial charge in [-0.2, -0.15) is 0 Å². The van der Waals surface area contributed by atoms with Gasteiger partial charge in [0.25, 0.3) is 11.7 Å². The quantitative estimate of drug-likeness (QED) is 0.595. The predicted molar refractivity (Wildman–Crippen MR) is 103 cm³/mol. The molecule has 1 aliphatic heterocycles. The number of carbonyl (C=O) groups is 1. The van der Waals surface area contributed by atoms with Gasteiger partial charge in [-0.05, 0) is 47.9 Å². The molecule has 1 heterocycles. The van der Waals surface area contributed by atoms with E-state index in [2.05, 4.69) is 5.32 Å². The van der Waals surface area contributed by atoms with Crippen LogP contribution in [0.4, 0.5) is 4.39 Å². The number of aliphatic hydroxyl groups excluding tert-OH is 3. The minimum absolute atomic E-state index is 0.197. The highest BCUT2D eigenvalue weighted by Gasteiger charge is 2.53. The summed E-state index contributed by atoms with van der Waals surface area (Å²) in [6.07, 6.45) is -5.27. The Morgan fingerprint density at radius 1 is 1.28 bits per heavy atom. The van der Waals surface area contributed by atoms with Crippen LogP contribution in [-0.4, -0.2) is 65.7 Å². The number of hydrogen-bond donors (Lipinski definition) is 4. The number of carbonyl (C=O) groups excluding carboxylic acids is 1. The summed E-state index contributed by atoms with van der Waals surface area (Å²) in [5.74, 6) is -2.04. The van der Waals surface area contributed by atoms with Crippen LogP contribution in [0, 0.1) is 6.92 Å². The van der Waals surface area contributed by atoms with Gasteiger partial charge in [0.1, 0.15) is 24.6 Å². The van der Waals surface area contributed by atoms with E-state index in [0.29, 0.717) is 11.1 Å². The van der Waals surface area contributed by atoms with Crippen molar-refractivity contribution in [2.45, 2.75) is 31.1 Å². The first-order valence-corrected chi connectivity index (χ1v) is 9.18. The molecule has 2 aromatic rings. The Morgan fingerprint density at radius 3 is 2.66 bits per heavy atom. The van der Waals surface area contributed by atoms with E-state index >= 15 is 0 Å². The van der Waals surface area contributed by atoms with Gasteiger partial charge in [0.2, 0.25) is 0 Å². The summed E-state index contributed by atoms with van der Waals surface area (Å²) >= 11 is 0. The molecule has 8 heteroatoms. The van der Waals surface area contributed by atoms with Gasteiger partial charge in [-0.15, -0.1) is 0 Å². The molecule has 1 aliphatic rings. The molecule has 156 valence electrons. The van der Waals surface area contributed by atoms with E-state index < -0.39 is 30.8 Å². The van der Waals surface area contributed by atoms with Gasteiger partial charge in [0.05, 0.1) is 6.61 Å². The number of nitrogens with one attached hydrogen (secondary N) is 1. The number of alkyl halides is 1. The molecule has 29 heavy (non-hydrogen) atoms. The second-order valence-corrected chi connectivity index (χ2v) is 6.98. The molecule has 0 radical (unpaired) electrons. The fourth-order valence-electron chi connectivity index (χ4n) is 3.22. The number of benzene rings is 2. The molecule has 4 atom stereocenters. The summed E-state index contributed by atoms with van der Waals surface area (Å²) < 4.78 is 25.5. The number of aryl methyl sites for hydroxylation is 1. The molecule has 7 nitrogen and oxygen atoms in total. The van der Waals surface area contributed by atoms with Gasteiger partial charge in [0, 0.05) is 12.6 Å². The maximum absolute atomic E-state index is 14.6. The average Bonchev–Trinajstić information content (AvgIpc) is 2.75. The monoisotopic (exact) mass is 405 g/mol. The molecule has 2 aromatic carbocycles. The van der Waals surface area contributed by atoms with E-state index in [1.165, 1.54) is 0 Å². The zero-order valence-electron chi connectivity index (χ0n) is 16.1. The summed E-state index contributed by atoms with van der Waals surface area (Å²) in [4.78, 5) is 11.8. The Bertz CT molecular complexity index is 891. The fourth-order valence-corrected chi connectivity index (χ4v) is 3.22. The molecule has 1 fully saturated rings. The molecule has 0 aromatic heterocycles. The van der Waals surface area contributed by atoms with Crippen LogP contribution in [-0.2, 0) is 4.74 Å². The highest BCUT2D eigenvalue weighted by Crippen LogP contribution is 2.34. The largest absolute Gasteiger partial charge is 0.456 e. The van der Waals surface area contributed by atoms with Crippen molar-refractivity contribution >= 4 is 5.91 Å². The molecule has 4 N–H and O–H groups in total. The van der Waals surface area contributed by atoms with E-state index in [4.69, 9.17) is 9.47 Å². The second-order valence-electron chi connectivity index (χ2n) is 6.98. The van der Waals surface area contributed by atoms with E-state index in [-0.39, 0.29) is 18.3 Å². The lowest BCUT2D eigenvalue weighted by atomic mass is 9.98. The number of hydrogen-bond acceptors (Lipinski definition) is 6. The van der Waals surface area contributed by atoms with Crippen LogP contribution >= 0.6 is 0 Å². The van der Waals surface area contributed by atoms with Crippen molar-refractivity contribution in [3.8, 4) is 16.9 Å². The number of halogens is 1. The van der Waals surface area contributed by atoms with Gasteiger partial charge in [-0.3, -0.25) is 4.79 Å². The van der Waals surface area contributed by atoms with E-state index in [0.717, 1.165) is 11.1 Å². The molecule has 3 rings (SSSR count). The van der Waals surface area contributed by atoms with Gasteiger partial charge >= 0.3 is 0 Å². The first kappa shape index (κ1) is 21.2. The van der Waals surface area contributed by atoms with Gasteiger partial charge in [0.15, 0.2) is 6.17 Å². The maximum Gasteiger partial charge on any atom is 0.268 e. The van der Waals surface area contributed by atoms with Crippen molar-refractivity contribution < 1.29 is 34.0 Å². The predicted octanol–water partition coefficient (Wildman–Crippen LogP) is 1.18. The van der Waals surface area contributed by atoms with E-state index in [1.807, 2.05) is 6.07 Å². The van der Waals surface area contributed by atoms with Crippen LogP contribution < -0.4 is 10.1 Å². The summed E-state index contributed by atoms with van der Waals surface area (Å²) in [7, 11) is 1.56. The van der Waals surface area contributed by atoms with Crippen molar-refractivity contribution in [3.05, 3.63) is 53.6 Å². The highest BCUT2D eigenvalue weighted by molar-refractivity contribution is 5.95. The fraction of sp³-hybridized carbons (Fsp3) is 0.381. The second kappa shape index (κ2) is 8.46. The third-order valence-corrected chi connectivity index (χ3v) is 4.98. The minimum Gasteiger partial charge on any atom is -0.456 e. The van der Waals surface area contributed by atoms with Crippen molar-refractivity contribution in [2.24, 2.45) is 0 Å². The van der Waals surface area contributed by atoms with Gasteiger partial charge in [-0.25, -0.2) is 4.39 Å². The third kappa shape index (κ3) is 4.11. The van der Waals surface area contributed by atoms with Gasteiger partial charge < -0.3 is 30.1 Å². The van der Waals surface area contributed by atoms with Crippen molar-refractivity contribution in [1.29, 1.82) is 0 Å². The van der Waals surface area contributed by atoms with Gasteiger partial charge in [-0.1, -0.05) is 18.2 Å². The summed E-state index contributed by atoms with van der Waals surface area (Å²) in [5, 5.41) is 31.6. The molecule has 0 aliphatic carbocycles. The lowest BCUT2D eigenvalue weighted by Gasteiger charge is -2.42. The lowest BCUT2D eigenvalue weighted by molar-refractivity contribution is -0.302. The Morgan fingerprint density at radius 2 is 2.00 bits per heavy atom. The molecule has 1 saturated heterocycles. The van der Waals surface area contributed by atoms with Crippen LogP contribution in [0.15, 0.2) is 42.5 Å². The first-order valence-electron chi connectivity index (χ1n) is 9.18. The molecular weight excluding hydrogens is 381 g/mol. The van der Waals surface area contributed by atoms with Crippen LogP contribution in [0.2, 0.25) is 0 Å². The minimum atomic E-state index is -2.14. The average molecular weight is 405 g/mol. The normalized spacial score (nSPS) is 26.8. The molecule has 0 bridgehead atoms. The van der Waals surface area contributed by atoms with E-state index in [1.54, 1.807) is 50.4 Å². The summed E-state index contributed by atoms with van der Waals surface area (Å²) in [5.41, 5.74) is 2.78. The molecule has 0 saturated carbocycles. The van der Waals surface area contributed by atoms with Crippen LogP contribution in [0.1, 0.15) is 15.9 Å². The number of rotatable bonds is 5. The summed E-state index contributed by atoms with van der Waals surface area (Å²) in [6.45, 7) is 0.534. The Hall–Kier alpha value is -2.52. The molecule has 0 spiro atoms. The SMILES string of the molecule is CNC(=O)c1cccc(-c2ccc(OC3(CO)OCC(O)C(O)C3F)c(C)c2)c1. The maximum atomic E-state index is 14.6. The number of ether oxygens (including phenoxy) is 2. The number of amides is 1. The molecular formula is C21H24FNO6. The van der Waals surface area contributed by atoms with E-state index in [9.17, 15) is 24.5 Å². The number of aliphatic hydroxyl groups is 3. The van der Waals surface area contributed by atoms with Crippen LogP contribution in [0.5, 0.6) is 5.75 Å². The third-order valence-electron chi connectivity index (χ3n) is 4.98. The van der Waals surface area contributed by atoms with Crippen LogP contribution in [0.3, 0.4) is 0 Å². The van der Waals surface area contributed by atoms with Crippen LogP contribution in [0.25, 0.3) is 11.1 Å². The first-order chi connectivity index (χ1) is 13.8. The van der Waals surface area contributed by atoms with Crippen molar-refractivity contribution in [2.75, 3.05) is 20.3 Å². The molecule has 4 unspecified atom stereocenters. The van der Waals surface area contributed by atoms with Crippen molar-refractivity contribution in [1.82, 2.24) is 5.32 Å². The standard InChI is InChI=1S/C21H24FNO6/c1-12-8-14(13-4-3-5-15(9-13)20(27)23-2)6-7-17(12)29-21(11-24)19(22)18(26)16(25)10-28-21/h3-9,16,18-19,24-26H,10-11H2,1-2H3,(H,23,27).